The number of rotatable bonds is 0. The summed E-state index contributed by atoms with van der Waals surface area (Å²) in [5, 5.41) is 0. The van der Waals surface area contributed by atoms with Crippen molar-refractivity contribution >= 4 is 15.9 Å². The van der Waals surface area contributed by atoms with E-state index in [1.165, 1.54) is 12.8 Å². The zero-order valence-corrected chi connectivity index (χ0v) is 6.26. The SMILES string of the molecule is BrC1[C@H]2C=CCC[C@H]12. The van der Waals surface area contributed by atoms with Gasteiger partial charge in [-0.05, 0) is 24.7 Å². The second-order valence-electron chi connectivity index (χ2n) is 2.69. The Kier molecular flexibility index (Phi) is 1.01. The molecule has 0 aliphatic heterocycles. The van der Waals surface area contributed by atoms with Crippen molar-refractivity contribution in [2.24, 2.45) is 11.8 Å². The summed E-state index contributed by atoms with van der Waals surface area (Å²) in [6.07, 6.45) is 7.39. The molecule has 0 amide bonds. The third-order valence-electron chi connectivity index (χ3n) is 2.16. The lowest BCUT2D eigenvalue weighted by Gasteiger charge is -1.96. The minimum Gasteiger partial charge on any atom is -0.0882 e. The normalized spacial score (nSPS) is 50.9. The first kappa shape index (κ1) is 5.04. The zero-order valence-electron chi connectivity index (χ0n) is 4.68. The fraction of sp³-hybridized carbons (Fsp3) is 0.714. The van der Waals surface area contributed by atoms with Gasteiger partial charge in [0.15, 0.2) is 0 Å². The molecular weight excluding hydrogens is 164 g/mol. The first-order valence-corrected chi connectivity index (χ1v) is 4.12. The second-order valence-corrected chi connectivity index (χ2v) is 3.75. The molecular formula is C7H9Br. The summed E-state index contributed by atoms with van der Waals surface area (Å²) in [7, 11) is 0. The van der Waals surface area contributed by atoms with Crippen LogP contribution in [0.4, 0.5) is 0 Å². The minimum absolute atomic E-state index is 0.834. The van der Waals surface area contributed by atoms with Crippen LogP contribution in [-0.2, 0) is 0 Å². The maximum atomic E-state index is 3.62. The van der Waals surface area contributed by atoms with Crippen molar-refractivity contribution in [3.63, 3.8) is 0 Å². The van der Waals surface area contributed by atoms with Crippen molar-refractivity contribution in [1.82, 2.24) is 0 Å². The monoisotopic (exact) mass is 172 g/mol. The molecule has 2 rings (SSSR count). The van der Waals surface area contributed by atoms with Crippen LogP contribution in [0, 0.1) is 11.8 Å². The van der Waals surface area contributed by atoms with Gasteiger partial charge in [-0.15, -0.1) is 0 Å². The number of halogens is 1. The molecule has 0 radical (unpaired) electrons. The third kappa shape index (κ3) is 0.572. The fourth-order valence-electron chi connectivity index (χ4n) is 1.50. The Morgan fingerprint density at radius 1 is 1.50 bits per heavy atom. The van der Waals surface area contributed by atoms with Gasteiger partial charge in [0.25, 0.3) is 0 Å². The van der Waals surface area contributed by atoms with Crippen LogP contribution in [0.1, 0.15) is 12.8 Å². The van der Waals surface area contributed by atoms with Crippen molar-refractivity contribution in [1.29, 1.82) is 0 Å². The van der Waals surface area contributed by atoms with Gasteiger partial charge in [-0.3, -0.25) is 0 Å². The highest BCUT2D eigenvalue weighted by Crippen LogP contribution is 2.51. The highest BCUT2D eigenvalue weighted by molar-refractivity contribution is 9.09. The van der Waals surface area contributed by atoms with Gasteiger partial charge >= 0.3 is 0 Å². The largest absolute Gasteiger partial charge is 0.0882 e. The molecule has 0 bridgehead atoms. The maximum absolute atomic E-state index is 3.62. The van der Waals surface area contributed by atoms with E-state index in [4.69, 9.17) is 0 Å². The van der Waals surface area contributed by atoms with Crippen molar-refractivity contribution in [3.8, 4) is 0 Å². The van der Waals surface area contributed by atoms with Crippen LogP contribution in [0.15, 0.2) is 12.2 Å². The molecule has 1 heteroatoms. The summed E-state index contributed by atoms with van der Waals surface area (Å²) in [5.74, 6) is 1.91. The second kappa shape index (κ2) is 1.60. The Morgan fingerprint density at radius 2 is 2.38 bits per heavy atom. The Morgan fingerprint density at radius 3 is 2.88 bits per heavy atom. The lowest BCUT2D eigenvalue weighted by Crippen LogP contribution is -1.83. The molecule has 1 saturated carbocycles. The zero-order chi connectivity index (χ0) is 5.56. The van der Waals surface area contributed by atoms with Crippen molar-refractivity contribution in [2.45, 2.75) is 17.7 Å². The summed E-state index contributed by atoms with van der Waals surface area (Å²) < 4.78 is 0. The Bertz CT molecular complexity index is 128. The standard InChI is InChI=1S/C7H9Br/c8-7-5-3-1-2-4-6(5)7/h1,3,5-7H,2,4H2/t5-,6-,7?/m0/s1. The molecule has 2 aliphatic rings. The van der Waals surface area contributed by atoms with Gasteiger partial charge in [-0.2, -0.15) is 0 Å². The number of hydrogen-bond donors (Lipinski definition) is 0. The van der Waals surface area contributed by atoms with E-state index in [1.54, 1.807) is 0 Å². The van der Waals surface area contributed by atoms with Crippen molar-refractivity contribution < 1.29 is 0 Å². The van der Waals surface area contributed by atoms with Gasteiger partial charge in [0, 0.05) is 4.83 Å². The van der Waals surface area contributed by atoms with Gasteiger partial charge in [0.1, 0.15) is 0 Å². The van der Waals surface area contributed by atoms with Crippen LogP contribution in [0.25, 0.3) is 0 Å². The van der Waals surface area contributed by atoms with E-state index in [1.807, 2.05) is 0 Å². The van der Waals surface area contributed by atoms with Crippen LogP contribution in [0.2, 0.25) is 0 Å². The van der Waals surface area contributed by atoms with Crippen LogP contribution in [0.3, 0.4) is 0 Å². The Balaban J connectivity index is 2.12. The summed E-state index contributed by atoms with van der Waals surface area (Å²) in [6, 6.07) is 0. The van der Waals surface area contributed by atoms with Gasteiger partial charge < -0.3 is 0 Å². The third-order valence-corrected chi connectivity index (χ3v) is 3.44. The summed E-state index contributed by atoms with van der Waals surface area (Å²) in [5.41, 5.74) is 0. The van der Waals surface area contributed by atoms with Crippen LogP contribution in [-0.4, -0.2) is 4.83 Å². The van der Waals surface area contributed by atoms with E-state index < -0.39 is 0 Å². The van der Waals surface area contributed by atoms with Crippen LogP contribution < -0.4 is 0 Å². The minimum atomic E-state index is 0.834. The van der Waals surface area contributed by atoms with E-state index in [2.05, 4.69) is 28.1 Å². The first-order valence-electron chi connectivity index (χ1n) is 3.20. The highest BCUT2D eigenvalue weighted by Gasteiger charge is 2.46. The highest BCUT2D eigenvalue weighted by atomic mass is 79.9. The molecule has 1 fully saturated rings. The summed E-state index contributed by atoms with van der Waals surface area (Å²) in [6.45, 7) is 0. The molecule has 0 aromatic rings. The molecule has 2 aliphatic carbocycles. The van der Waals surface area contributed by atoms with E-state index in [0.717, 1.165) is 16.7 Å². The smallest absolute Gasteiger partial charge is 0.0245 e. The lowest BCUT2D eigenvalue weighted by molar-refractivity contribution is 0.684. The van der Waals surface area contributed by atoms with Crippen LogP contribution in [0.5, 0.6) is 0 Å². The molecule has 0 N–H and O–H groups in total. The number of fused-ring (bicyclic) bond motifs is 1. The number of alkyl halides is 1. The first-order chi connectivity index (χ1) is 3.89. The molecule has 0 nitrogen and oxygen atoms in total. The van der Waals surface area contributed by atoms with Crippen molar-refractivity contribution in [2.75, 3.05) is 0 Å². The average molecular weight is 173 g/mol. The number of allylic oxidation sites excluding steroid dienone is 2. The molecule has 0 aromatic carbocycles. The van der Waals surface area contributed by atoms with Crippen molar-refractivity contribution in [3.05, 3.63) is 12.2 Å². The topological polar surface area (TPSA) is 0 Å². The van der Waals surface area contributed by atoms with E-state index in [0.29, 0.717) is 0 Å². The van der Waals surface area contributed by atoms with Gasteiger partial charge in [0.05, 0.1) is 0 Å². The number of hydrogen-bond acceptors (Lipinski definition) is 0. The quantitative estimate of drug-likeness (QED) is 0.389. The Hall–Kier alpha value is 0.220. The molecule has 1 unspecified atom stereocenters. The molecule has 44 valence electrons. The van der Waals surface area contributed by atoms with Gasteiger partial charge in [0.2, 0.25) is 0 Å². The fourth-order valence-corrected chi connectivity index (χ4v) is 2.51. The molecule has 0 spiro atoms. The summed E-state index contributed by atoms with van der Waals surface area (Å²) >= 11 is 3.62. The van der Waals surface area contributed by atoms with Gasteiger partial charge in [-0.25, -0.2) is 0 Å². The summed E-state index contributed by atoms with van der Waals surface area (Å²) in [4.78, 5) is 0.834. The molecule has 0 heterocycles. The van der Waals surface area contributed by atoms with E-state index in [9.17, 15) is 0 Å². The predicted octanol–water partition coefficient (Wildman–Crippen LogP) is 2.35. The van der Waals surface area contributed by atoms with E-state index >= 15 is 0 Å². The molecule has 0 aromatic heterocycles. The maximum Gasteiger partial charge on any atom is 0.0245 e. The average Bonchev–Trinajstić information content (AvgIpc) is 2.46. The molecule has 8 heavy (non-hydrogen) atoms. The van der Waals surface area contributed by atoms with Crippen LogP contribution >= 0.6 is 15.9 Å². The van der Waals surface area contributed by atoms with E-state index in [-0.39, 0.29) is 0 Å². The molecule has 0 saturated heterocycles. The predicted molar refractivity (Wildman–Crippen MR) is 38.1 cm³/mol. The van der Waals surface area contributed by atoms with Gasteiger partial charge in [-0.1, -0.05) is 28.1 Å². The lowest BCUT2D eigenvalue weighted by atomic mass is 10.1. The Labute approximate surface area is 58.1 Å². The molecule has 3 atom stereocenters.